The molecule has 1 unspecified atom stereocenters. The van der Waals surface area contributed by atoms with Gasteiger partial charge in [0.05, 0.1) is 30.1 Å². The first-order chi connectivity index (χ1) is 18.9. The number of ether oxygens (including phenoxy) is 4. The summed E-state index contributed by atoms with van der Waals surface area (Å²) in [6, 6.07) is 17.5. The fraction of sp³-hybridized carbons (Fsp3) is 0.241. The number of nitro groups is 1. The summed E-state index contributed by atoms with van der Waals surface area (Å²) >= 11 is 0. The van der Waals surface area contributed by atoms with Crippen LogP contribution in [0, 0.1) is 21.4 Å². The Labute approximate surface area is 225 Å². The topological polar surface area (TPSA) is 147 Å². The number of carbonyl (C=O) groups is 1. The van der Waals surface area contributed by atoms with E-state index in [2.05, 4.69) is 13.0 Å². The monoisotopic (exact) mass is 529 g/mol. The van der Waals surface area contributed by atoms with E-state index in [1.54, 1.807) is 25.3 Å². The van der Waals surface area contributed by atoms with E-state index in [0.717, 1.165) is 24.8 Å². The number of hydrogen-bond acceptors (Lipinski definition) is 9. The van der Waals surface area contributed by atoms with E-state index in [1.807, 2.05) is 12.1 Å². The highest BCUT2D eigenvalue weighted by atomic mass is 16.6. The molecular formula is C29H27N3O7. The molecule has 1 aliphatic rings. The molecule has 10 heteroatoms. The van der Waals surface area contributed by atoms with Gasteiger partial charge in [-0.3, -0.25) is 10.1 Å². The molecule has 0 saturated heterocycles. The van der Waals surface area contributed by atoms with Crippen LogP contribution in [0.3, 0.4) is 0 Å². The molecule has 0 spiro atoms. The van der Waals surface area contributed by atoms with E-state index < -0.39 is 16.8 Å². The number of esters is 1. The van der Waals surface area contributed by atoms with Crippen LogP contribution in [-0.4, -0.2) is 24.6 Å². The standard InChI is InChI=1S/C29H27N3O7/c1-3-4-5-14-37-24-13-8-19(15-26(24)36-2)27-22-12-11-21(16-25(22)39-28(31)23(27)17-30)38-29(33)18-6-9-20(10-7-18)32(34)35/h6-13,15-16,27H,3-5,14,31H2,1-2H3. The van der Waals surface area contributed by atoms with Crippen LogP contribution in [0.2, 0.25) is 0 Å². The molecule has 0 bridgehead atoms. The molecule has 0 aromatic heterocycles. The number of methoxy groups -OCH3 is 1. The van der Waals surface area contributed by atoms with Gasteiger partial charge in [-0.1, -0.05) is 31.9 Å². The minimum absolute atomic E-state index is 0.0623. The van der Waals surface area contributed by atoms with Crippen molar-refractivity contribution in [1.29, 1.82) is 5.26 Å². The van der Waals surface area contributed by atoms with Crippen molar-refractivity contribution >= 4 is 11.7 Å². The van der Waals surface area contributed by atoms with Crippen LogP contribution >= 0.6 is 0 Å². The van der Waals surface area contributed by atoms with E-state index in [-0.39, 0.29) is 28.5 Å². The van der Waals surface area contributed by atoms with Crippen LogP contribution in [0.4, 0.5) is 5.69 Å². The normalized spacial score (nSPS) is 14.0. The Morgan fingerprint density at radius 3 is 2.54 bits per heavy atom. The third-order valence-corrected chi connectivity index (χ3v) is 6.24. The van der Waals surface area contributed by atoms with E-state index in [1.165, 1.54) is 30.3 Å². The molecule has 10 nitrogen and oxygen atoms in total. The van der Waals surface area contributed by atoms with Gasteiger partial charge in [-0.2, -0.15) is 5.26 Å². The van der Waals surface area contributed by atoms with Crippen molar-refractivity contribution in [3.8, 4) is 29.1 Å². The number of rotatable bonds is 10. The molecular weight excluding hydrogens is 502 g/mol. The highest BCUT2D eigenvalue weighted by Gasteiger charge is 2.32. The number of benzene rings is 3. The number of nitro benzene ring substituents is 1. The third-order valence-electron chi connectivity index (χ3n) is 6.24. The Balaban J connectivity index is 1.61. The zero-order chi connectivity index (χ0) is 27.9. The molecule has 3 aromatic carbocycles. The zero-order valence-corrected chi connectivity index (χ0v) is 21.5. The zero-order valence-electron chi connectivity index (χ0n) is 21.5. The Bertz CT molecular complexity index is 1460. The minimum Gasteiger partial charge on any atom is -0.493 e. The van der Waals surface area contributed by atoms with Gasteiger partial charge in [-0.25, -0.2) is 4.79 Å². The number of nitrogens with zero attached hydrogens (tertiary/aromatic N) is 2. The smallest absolute Gasteiger partial charge is 0.343 e. The van der Waals surface area contributed by atoms with Gasteiger partial charge in [-0.15, -0.1) is 0 Å². The summed E-state index contributed by atoms with van der Waals surface area (Å²) in [6.45, 7) is 2.69. The number of unbranched alkanes of at least 4 members (excludes halogenated alkanes) is 2. The molecule has 200 valence electrons. The molecule has 1 heterocycles. The van der Waals surface area contributed by atoms with Crippen molar-refractivity contribution in [3.63, 3.8) is 0 Å². The molecule has 0 radical (unpaired) electrons. The lowest BCUT2D eigenvalue weighted by Crippen LogP contribution is -2.21. The number of non-ortho nitro benzene ring substituents is 1. The van der Waals surface area contributed by atoms with Crippen molar-refractivity contribution in [2.75, 3.05) is 13.7 Å². The van der Waals surface area contributed by atoms with E-state index in [4.69, 9.17) is 24.7 Å². The van der Waals surface area contributed by atoms with Crippen LogP contribution in [0.1, 0.15) is 53.6 Å². The van der Waals surface area contributed by atoms with Crippen LogP contribution in [0.5, 0.6) is 23.0 Å². The Morgan fingerprint density at radius 1 is 1.10 bits per heavy atom. The summed E-state index contributed by atoms with van der Waals surface area (Å²) in [5.74, 6) is 0.323. The van der Waals surface area contributed by atoms with Crippen LogP contribution in [0.15, 0.2) is 72.1 Å². The molecule has 1 atom stereocenters. The molecule has 0 amide bonds. The molecule has 2 N–H and O–H groups in total. The van der Waals surface area contributed by atoms with Crippen molar-refractivity contribution in [1.82, 2.24) is 0 Å². The molecule has 1 aliphatic heterocycles. The van der Waals surface area contributed by atoms with E-state index in [0.29, 0.717) is 29.4 Å². The van der Waals surface area contributed by atoms with Crippen LogP contribution < -0.4 is 24.7 Å². The van der Waals surface area contributed by atoms with Gasteiger partial charge < -0.3 is 24.7 Å². The first-order valence-electron chi connectivity index (χ1n) is 12.3. The second-order valence-electron chi connectivity index (χ2n) is 8.78. The minimum atomic E-state index is -0.697. The van der Waals surface area contributed by atoms with Gasteiger partial charge in [0.1, 0.15) is 23.1 Å². The summed E-state index contributed by atoms with van der Waals surface area (Å²) in [7, 11) is 1.55. The van der Waals surface area contributed by atoms with Gasteiger partial charge in [-0.05, 0) is 42.3 Å². The summed E-state index contributed by atoms with van der Waals surface area (Å²) in [6.07, 6.45) is 3.09. The highest BCUT2D eigenvalue weighted by Crippen LogP contribution is 2.45. The molecule has 0 saturated carbocycles. The van der Waals surface area contributed by atoms with Gasteiger partial charge in [0.2, 0.25) is 5.88 Å². The van der Waals surface area contributed by atoms with E-state index in [9.17, 15) is 20.2 Å². The SMILES string of the molecule is CCCCCOc1ccc(C2C(C#N)=C(N)Oc3cc(OC(=O)c4ccc([N+](=O)[O-])cc4)ccc32)cc1OC. The maximum atomic E-state index is 12.6. The van der Waals surface area contributed by atoms with Crippen LogP contribution in [0.25, 0.3) is 0 Å². The van der Waals surface area contributed by atoms with Crippen molar-refractivity contribution in [2.45, 2.75) is 32.1 Å². The lowest BCUT2D eigenvalue weighted by atomic mass is 9.83. The van der Waals surface area contributed by atoms with Gasteiger partial charge in [0.15, 0.2) is 11.5 Å². The van der Waals surface area contributed by atoms with Crippen molar-refractivity contribution in [2.24, 2.45) is 5.73 Å². The number of nitriles is 1. The predicted molar refractivity (Wildman–Crippen MR) is 142 cm³/mol. The van der Waals surface area contributed by atoms with Gasteiger partial charge >= 0.3 is 5.97 Å². The maximum absolute atomic E-state index is 12.6. The number of allylic oxidation sites excluding steroid dienone is 1. The second kappa shape index (κ2) is 12.0. The first kappa shape index (κ1) is 27.0. The van der Waals surface area contributed by atoms with Crippen molar-refractivity contribution < 1.29 is 28.7 Å². The molecule has 0 aliphatic carbocycles. The maximum Gasteiger partial charge on any atom is 0.343 e. The van der Waals surface area contributed by atoms with Gasteiger partial charge in [0.25, 0.3) is 5.69 Å². The predicted octanol–water partition coefficient (Wildman–Crippen LogP) is 5.61. The Hall–Kier alpha value is -5.04. The lowest BCUT2D eigenvalue weighted by Gasteiger charge is -2.27. The second-order valence-corrected chi connectivity index (χ2v) is 8.78. The Morgan fingerprint density at radius 2 is 1.87 bits per heavy atom. The fourth-order valence-corrected chi connectivity index (χ4v) is 4.24. The number of fused-ring (bicyclic) bond motifs is 1. The number of hydrogen-bond donors (Lipinski definition) is 1. The largest absolute Gasteiger partial charge is 0.493 e. The summed E-state index contributed by atoms with van der Waals surface area (Å²) < 4.78 is 22.6. The van der Waals surface area contributed by atoms with Crippen molar-refractivity contribution in [3.05, 3.63) is 98.9 Å². The van der Waals surface area contributed by atoms with E-state index >= 15 is 0 Å². The Kier molecular flexibility index (Phi) is 8.31. The van der Waals surface area contributed by atoms with Crippen LogP contribution in [-0.2, 0) is 0 Å². The summed E-state index contributed by atoms with van der Waals surface area (Å²) in [5, 5.41) is 20.7. The summed E-state index contributed by atoms with van der Waals surface area (Å²) in [5.41, 5.74) is 7.76. The third kappa shape index (κ3) is 5.93. The average Bonchev–Trinajstić information content (AvgIpc) is 2.94. The molecule has 4 rings (SSSR count). The first-order valence-corrected chi connectivity index (χ1v) is 12.3. The average molecular weight is 530 g/mol. The number of carbonyl (C=O) groups excluding carboxylic acids is 1. The van der Waals surface area contributed by atoms with Gasteiger partial charge in [0, 0.05) is 23.8 Å². The fourth-order valence-electron chi connectivity index (χ4n) is 4.24. The number of nitrogens with two attached hydrogens (primary N) is 1. The molecule has 39 heavy (non-hydrogen) atoms. The molecule has 3 aromatic rings. The molecule has 0 fully saturated rings. The summed E-state index contributed by atoms with van der Waals surface area (Å²) in [4.78, 5) is 22.9. The quantitative estimate of drug-likeness (QED) is 0.116. The lowest BCUT2D eigenvalue weighted by molar-refractivity contribution is -0.384. The highest BCUT2D eigenvalue weighted by molar-refractivity contribution is 5.91.